The number of aromatic nitrogens is 3. The fourth-order valence-corrected chi connectivity index (χ4v) is 3.59. The van der Waals surface area contributed by atoms with Gasteiger partial charge in [0.25, 0.3) is 0 Å². The summed E-state index contributed by atoms with van der Waals surface area (Å²) < 4.78 is 0. The zero-order valence-corrected chi connectivity index (χ0v) is 13.3. The standard InChI is InChI=1S/C19H18N4O/c24-18-2-1-9-23(18)13-5-6-14-15(12-3-4-12)11-17(22-16(14)10-13)19-20-7-8-21-19/h5-8,10-12H,1-4,9H2,(H,20,21). The summed E-state index contributed by atoms with van der Waals surface area (Å²) in [5.41, 5.74) is 4.13. The number of pyridine rings is 1. The van der Waals surface area contributed by atoms with Crippen LogP contribution in [0.2, 0.25) is 0 Å². The maximum absolute atomic E-state index is 12.0. The Balaban J connectivity index is 1.68. The third-order valence-electron chi connectivity index (χ3n) is 4.97. The highest BCUT2D eigenvalue weighted by Gasteiger charge is 2.27. The Kier molecular flexibility index (Phi) is 2.95. The van der Waals surface area contributed by atoms with Gasteiger partial charge in [-0.2, -0.15) is 0 Å². The number of rotatable bonds is 3. The monoisotopic (exact) mass is 318 g/mol. The summed E-state index contributed by atoms with van der Waals surface area (Å²) in [5.74, 6) is 1.63. The van der Waals surface area contributed by atoms with E-state index >= 15 is 0 Å². The van der Waals surface area contributed by atoms with Gasteiger partial charge in [-0.05, 0) is 48.9 Å². The van der Waals surface area contributed by atoms with Crippen LogP contribution in [0.1, 0.15) is 37.2 Å². The van der Waals surface area contributed by atoms with Crippen LogP contribution in [0.4, 0.5) is 5.69 Å². The first-order valence-electron chi connectivity index (χ1n) is 8.54. The zero-order chi connectivity index (χ0) is 16.1. The van der Waals surface area contributed by atoms with E-state index in [4.69, 9.17) is 4.98 Å². The molecule has 3 aromatic rings. The van der Waals surface area contributed by atoms with Crippen LogP contribution in [-0.4, -0.2) is 27.4 Å². The molecule has 1 saturated heterocycles. The van der Waals surface area contributed by atoms with Gasteiger partial charge in [0.05, 0.1) is 5.52 Å². The predicted octanol–water partition coefficient (Wildman–Crippen LogP) is 3.63. The van der Waals surface area contributed by atoms with Crippen LogP contribution in [0.15, 0.2) is 36.7 Å². The van der Waals surface area contributed by atoms with Gasteiger partial charge in [0.15, 0.2) is 5.82 Å². The molecular formula is C19H18N4O. The smallest absolute Gasteiger partial charge is 0.227 e. The molecule has 2 aromatic heterocycles. The number of hydrogen-bond acceptors (Lipinski definition) is 3. The van der Waals surface area contributed by atoms with Crippen LogP contribution >= 0.6 is 0 Å². The molecule has 1 aliphatic carbocycles. The van der Waals surface area contributed by atoms with E-state index < -0.39 is 0 Å². The van der Waals surface area contributed by atoms with E-state index in [1.165, 1.54) is 23.8 Å². The van der Waals surface area contributed by atoms with Crippen LogP contribution in [0.25, 0.3) is 22.4 Å². The number of H-pyrrole nitrogens is 1. The number of nitrogens with zero attached hydrogens (tertiary/aromatic N) is 3. The maximum Gasteiger partial charge on any atom is 0.227 e. The van der Waals surface area contributed by atoms with Crippen LogP contribution in [0.3, 0.4) is 0 Å². The van der Waals surface area contributed by atoms with Gasteiger partial charge in [0, 0.05) is 36.4 Å². The van der Waals surface area contributed by atoms with E-state index in [0.29, 0.717) is 12.3 Å². The van der Waals surface area contributed by atoms with Gasteiger partial charge in [-0.3, -0.25) is 4.79 Å². The minimum atomic E-state index is 0.207. The van der Waals surface area contributed by atoms with Gasteiger partial charge in [-0.25, -0.2) is 9.97 Å². The molecule has 1 saturated carbocycles. The van der Waals surface area contributed by atoms with Crippen molar-refractivity contribution in [3.8, 4) is 11.5 Å². The highest BCUT2D eigenvalue weighted by atomic mass is 16.2. The van der Waals surface area contributed by atoms with E-state index in [1.54, 1.807) is 6.20 Å². The summed E-state index contributed by atoms with van der Waals surface area (Å²) in [7, 11) is 0. The van der Waals surface area contributed by atoms with Crippen molar-refractivity contribution in [3.05, 3.63) is 42.2 Å². The molecule has 0 bridgehead atoms. The van der Waals surface area contributed by atoms with Crippen molar-refractivity contribution in [1.29, 1.82) is 0 Å². The van der Waals surface area contributed by atoms with Crippen molar-refractivity contribution in [2.45, 2.75) is 31.6 Å². The third kappa shape index (κ3) is 2.19. The number of benzene rings is 1. The van der Waals surface area contributed by atoms with E-state index in [9.17, 15) is 4.79 Å². The molecule has 5 rings (SSSR count). The van der Waals surface area contributed by atoms with Crippen molar-refractivity contribution in [2.75, 3.05) is 11.4 Å². The van der Waals surface area contributed by atoms with Gasteiger partial charge < -0.3 is 9.88 Å². The second-order valence-corrected chi connectivity index (χ2v) is 6.66. The van der Waals surface area contributed by atoms with Gasteiger partial charge in [0.2, 0.25) is 5.91 Å². The van der Waals surface area contributed by atoms with Gasteiger partial charge in [0.1, 0.15) is 5.69 Å². The average molecular weight is 318 g/mol. The Hall–Kier alpha value is -2.69. The van der Waals surface area contributed by atoms with Gasteiger partial charge in [-0.15, -0.1) is 0 Å². The summed E-state index contributed by atoms with van der Waals surface area (Å²) in [6.45, 7) is 0.803. The van der Waals surface area contributed by atoms with E-state index in [-0.39, 0.29) is 5.91 Å². The molecule has 120 valence electrons. The summed E-state index contributed by atoms with van der Waals surface area (Å²) >= 11 is 0. The number of nitrogens with one attached hydrogen (secondary N) is 1. The average Bonchev–Trinajstić information content (AvgIpc) is 3.12. The normalized spacial score (nSPS) is 17.8. The van der Waals surface area contributed by atoms with E-state index in [0.717, 1.165) is 35.7 Å². The lowest BCUT2D eigenvalue weighted by molar-refractivity contribution is -0.117. The molecule has 2 fully saturated rings. The number of amides is 1. The summed E-state index contributed by atoms with van der Waals surface area (Å²) in [5, 5.41) is 1.20. The maximum atomic E-state index is 12.0. The zero-order valence-electron chi connectivity index (χ0n) is 13.3. The molecule has 0 unspecified atom stereocenters. The molecule has 0 spiro atoms. The fourth-order valence-electron chi connectivity index (χ4n) is 3.59. The number of carbonyl (C=O) groups excluding carboxylic acids is 1. The number of aromatic amines is 1. The van der Waals surface area contributed by atoms with Crippen LogP contribution in [-0.2, 0) is 4.79 Å². The van der Waals surface area contributed by atoms with Crippen molar-refractivity contribution >= 4 is 22.5 Å². The minimum absolute atomic E-state index is 0.207. The van der Waals surface area contributed by atoms with Crippen LogP contribution in [0, 0.1) is 0 Å². The lowest BCUT2D eigenvalue weighted by Crippen LogP contribution is -2.23. The van der Waals surface area contributed by atoms with Gasteiger partial charge >= 0.3 is 0 Å². The third-order valence-corrected chi connectivity index (χ3v) is 4.97. The SMILES string of the molecule is O=C1CCCN1c1ccc2c(C3CC3)cc(-c3ncc[nH]3)nc2c1. The second-order valence-electron chi connectivity index (χ2n) is 6.66. The Bertz CT molecular complexity index is 928. The quantitative estimate of drug-likeness (QED) is 0.802. The second kappa shape index (κ2) is 5.16. The number of fused-ring (bicyclic) bond motifs is 1. The highest BCUT2D eigenvalue weighted by molar-refractivity contribution is 5.98. The van der Waals surface area contributed by atoms with Crippen molar-refractivity contribution in [2.24, 2.45) is 0 Å². The number of imidazole rings is 1. The number of anilines is 1. The first-order valence-corrected chi connectivity index (χ1v) is 8.54. The first kappa shape index (κ1) is 13.7. The number of carbonyl (C=O) groups is 1. The topological polar surface area (TPSA) is 61.9 Å². The lowest BCUT2D eigenvalue weighted by atomic mass is 10.0. The molecule has 2 aliphatic rings. The molecule has 5 heteroatoms. The van der Waals surface area contributed by atoms with Crippen LogP contribution in [0.5, 0.6) is 0 Å². The predicted molar refractivity (Wildman–Crippen MR) is 92.9 cm³/mol. The fraction of sp³-hybridized carbons (Fsp3) is 0.316. The molecule has 0 radical (unpaired) electrons. The molecule has 3 heterocycles. The first-order chi connectivity index (χ1) is 11.8. The number of hydrogen-bond donors (Lipinski definition) is 1. The summed E-state index contributed by atoms with van der Waals surface area (Å²) in [4.78, 5) is 26.2. The van der Waals surface area contributed by atoms with Crippen molar-refractivity contribution < 1.29 is 4.79 Å². The molecule has 1 aliphatic heterocycles. The minimum Gasteiger partial charge on any atom is -0.343 e. The molecule has 0 atom stereocenters. The Morgan fingerprint density at radius 1 is 1.21 bits per heavy atom. The molecular weight excluding hydrogens is 300 g/mol. The highest BCUT2D eigenvalue weighted by Crippen LogP contribution is 2.44. The van der Waals surface area contributed by atoms with Crippen molar-refractivity contribution in [3.63, 3.8) is 0 Å². The Morgan fingerprint density at radius 3 is 2.83 bits per heavy atom. The molecule has 1 amide bonds. The van der Waals surface area contributed by atoms with Gasteiger partial charge in [-0.1, -0.05) is 6.07 Å². The summed E-state index contributed by atoms with van der Waals surface area (Å²) in [6.07, 6.45) is 7.62. The molecule has 1 N–H and O–H groups in total. The Labute approximate surface area is 139 Å². The Morgan fingerprint density at radius 2 is 2.12 bits per heavy atom. The summed E-state index contributed by atoms with van der Waals surface area (Å²) in [6, 6.07) is 8.41. The molecule has 1 aromatic carbocycles. The van der Waals surface area contributed by atoms with E-state index in [1.807, 2.05) is 11.1 Å². The van der Waals surface area contributed by atoms with Crippen molar-refractivity contribution in [1.82, 2.24) is 15.0 Å². The molecule has 5 nitrogen and oxygen atoms in total. The molecule has 24 heavy (non-hydrogen) atoms. The largest absolute Gasteiger partial charge is 0.343 e. The van der Waals surface area contributed by atoms with E-state index in [2.05, 4.69) is 34.2 Å². The lowest BCUT2D eigenvalue weighted by Gasteiger charge is -2.17. The van der Waals surface area contributed by atoms with Crippen LogP contribution < -0.4 is 4.90 Å².